The number of benzene rings is 2. The van der Waals surface area contributed by atoms with Crippen LogP contribution in [0.3, 0.4) is 0 Å². The summed E-state index contributed by atoms with van der Waals surface area (Å²) in [6.07, 6.45) is 3.24. The van der Waals surface area contributed by atoms with Gasteiger partial charge in [-0.05, 0) is 36.4 Å². The normalized spacial score (nSPS) is 10.7. The van der Waals surface area contributed by atoms with Crippen molar-refractivity contribution in [1.82, 2.24) is 9.97 Å². The van der Waals surface area contributed by atoms with Gasteiger partial charge in [0.25, 0.3) is 5.91 Å². The lowest BCUT2D eigenvalue weighted by molar-refractivity contribution is 0.102. The number of nitrogens with zero attached hydrogens (tertiary/aromatic N) is 2. The number of hydrogen-bond donors (Lipinski definition) is 1. The third kappa shape index (κ3) is 3.47. The average Bonchev–Trinajstić information content (AvgIpc) is 3.13. The quantitative estimate of drug-likeness (QED) is 0.551. The van der Waals surface area contributed by atoms with E-state index in [-0.39, 0.29) is 5.91 Å². The number of pyridine rings is 1. The van der Waals surface area contributed by atoms with E-state index < -0.39 is 0 Å². The Balaban J connectivity index is 1.64. The second kappa shape index (κ2) is 7.09. The number of halogens is 1. The van der Waals surface area contributed by atoms with E-state index in [9.17, 15) is 4.79 Å². The minimum absolute atomic E-state index is 0.260. The zero-order chi connectivity index (χ0) is 18.8. The van der Waals surface area contributed by atoms with Crippen molar-refractivity contribution >= 4 is 34.3 Å². The number of fused-ring (bicyclic) bond motifs is 1. The summed E-state index contributed by atoms with van der Waals surface area (Å²) < 4.78 is 10.9. The highest BCUT2D eigenvalue weighted by atomic mass is 35.5. The summed E-state index contributed by atoms with van der Waals surface area (Å²) >= 11 is 6.31. The van der Waals surface area contributed by atoms with Crippen LogP contribution in [0.4, 0.5) is 5.69 Å². The first-order chi connectivity index (χ1) is 13.1. The lowest BCUT2D eigenvalue weighted by atomic mass is 10.1. The highest BCUT2D eigenvalue weighted by Gasteiger charge is 2.14. The van der Waals surface area contributed by atoms with Crippen LogP contribution in [0.5, 0.6) is 5.75 Å². The molecule has 0 bridgehead atoms. The van der Waals surface area contributed by atoms with E-state index in [1.54, 1.807) is 68.0 Å². The van der Waals surface area contributed by atoms with Crippen molar-refractivity contribution in [3.63, 3.8) is 0 Å². The van der Waals surface area contributed by atoms with E-state index >= 15 is 0 Å². The standard InChI is InChI=1S/C20H14ClN3O3/c1-26-14-4-2-3-12(9-14)19(25)23-13-5-6-16(21)15(10-13)20-24-17-11-22-8-7-18(17)27-20/h2-11H,1H3,(H,23,25). The molecule has 0 saturated heterocycles. The Bertz CT molecular complexity index is 1110. The highest BCUT2D eigenvalue weighted by Crippen LogP contribution is 2.32. The van der Waals surface area contributed by atoms with Crippen molar-refractivity contribution in [3.8, 4) is 17.2 Å². The molecule has 0 spiro atoms. The Hall–Kier alpha value is -3.38. The van der Waals surface area contributed by atoms with E-state index in [4.69, 9.17) is 20.8 Å². The molecular weight excluding hydrogens is 366 g/mol. The molecule has 134 valence electrons. The lowest BCUT2D eigenvalue weighted by Crippen LogP contribution is -2.11. The molecule has 4 aromatic rings. The Labute approximate surface area is 159 Å². The molecule has 2 aromatic carbocycles. The fourth-order valence-corrected chi connectivity index (χ4v) is 2.83. The number of carbonyl (C=O) groups excluding carboxylic acids is 1. The number of carbonyl (C=O) groups is 1. The number of hydrogen-bond acceptors (Lipinski definition) is 5. The topological polar surface area (TPSA) is 77.2 Å². The van der Waals surface area contributed by atoms with Gasteiger partial charge in [0, 0.05) is 23.5 Å². The van der Waals surface area contributed by atoms with Crippen LogP contribution in [-0.2, 0) is 0 Å². The van der Waals surface area contributed by atoms with Gasteiger partial charge >= 0.3 is 0 Å². The van der Waals surface area contributed by atoms with Gasteiger partial charge in [-0.15, -0.1) is 0 Å². The zero-order valence-electron chi connectivity index (χ0n) is 14.3. The smallest absolute Gasteiger partial charge is 0.255 e. The first-order valence-corrected chi connectivity index (χ1v) is 8.48. The first kappa shape index (κ1) is 17.1. The maximum absolute atomic E-state index is 12.5. The number of anilines is 1. The summed E-state index contributed by atoms with van der Waals surface area (Å²) in [6, 6.07) is 13.8. The number of amides is 1. The van der Waals surface area contributed by atoms with Gasteiger partial charge in [0.2, 0.25) is 5.89 Å². The molecule has 1 N–H and O–H groups in total. The Kier molecular flexibility index (Phi) is 4.48. The minimum atomic E-state index is -0.260. The Morgan fingerprint density at radius 2 is 2.07 bits per heavy atom. The average molecular weight is 380 g/mol. The molecule has 0 fully saturated rings. The van der Waals surface area contributed by atoms with Gasteiger partial charge in [-0.2, -0.15) is 0 Å². The summed E-state index contributed by atoms with van der Waals surface area (Å²) in [5.74, 6) is 0.712. The van der Waals surface area contributed by atoms with Gasteiger partial charge in [-0.1, -0.05) is 17.7 Å². The molecule has 0 atom stereocenters. The largest absolute Gasteiger partial charge is 0.497 e. The third-order valence-corrected chi connectivity index (χ3v) is 4.31. The maximum Gasteiger partial charge on any atom is 0.255 e. The number of ether oxygens (including phenoxy) is 1. The van der Waals surface area contributed by atoms with Gasteiger partial charge < -0.3 is 14.5 Å². The van der Waals surface area contributed by atoms with Gasteiger partial charge in [0.15, 0.2) is 5.58 Å². The molecule has 2 aromatic heterocycles. The van der Waals surface area contributed by atoms with E-state index in [0.29, 0.717) is 44.6 Å². The molecule has 0 unspecified atom stereocenters. The number of rotatable bonds is 4. The third-order valence-electron chi connectivity index (χ3n) is 3.98. The fourth-order valence-electron chi connectivity index (χ4n) is 2.63. The van der Waals surface area contributed by atoms with Gasteiger partial charge in [-0.25, -0.2) is 4.98 Å². The minimum Gasteiger partial charge on any atom is -0.497 e. The summed E-state index contributed by atoms with van der Waals surface area (Å²) in [7, 11) is 1.55. The molecule has 2 heterocycles. The van der Waals surface area contributed by atoms with Gasteiger partial charge in [0.1, 0.15) is 11.3 Å². The van der Waals surface area contributed by atoms with Gasteiger partial charge in [0.05, 0.1) is 23.9 Å². The van der Waals surface area contributed by atoms with Crippen LogP contribution in [0.1, 0.15) is 10.4 Å². The zero-order valence-corrected chi connectivity index (χ0v) is 15.0. The molecule has 0 aliphatic carbocycles. The van der Waals surface area contributed by atoms with Crippen LogP contribution in [-0.4, -0.2) is 23.0 Å². The monoisotopic (exact) mass is 379 g/mol. The lowest BCUT2D eigenvalue weighted by Gasteiger charge is -2.08. The fraction of sp³-hybridized carbons (Fsp3) is 0.0500. The van der Waals surface area contributed by atoms with Crippen LogP contribution in [0.2, 0.25) is 5.02 Å². The molecule has 4 rings (SSSR count). The second-order valence-electron chi connectivity index (χ2n) is 5.74. The van der Waals surface area contributed by atoms with Crippen molar-refractivity contribution < 1.29 is 13.9 Å². The molecule has 27 heavy (non-hydrogen) atoms. The number of aromatic nitrogens is 2. The predicted octanol–water partition coefficient (Wildman–Crippen LogP) is 4.80. The number of methoxy groups -OCH3 is 1. The number of oxazole rings is 1. The molecule has 0 radical (unpaired) electrons. The van der Waals surface area contributed by atoms with E-state index in [1.807, 2.05) is 0 Å². The summed E-state index contributed by atoms with van der Waals surface area (Å²) in [5.41, 5.74) is 2.88. The van der Waals surface area contributed by atoms with Crippen molar-refractivity contribution in [2.75, 3.05) is 12.4 Å². The highest BCUT2D eigenvalue weighted by molar-refractivity contribution is 6.33. The molecular formula is C20H14ClN3O3. The van der Waals surface area contributed by atoms with Crippen molar-refractivity contribution in [2.24, 2.45) is 0 Å². The summed E-state index contributed by atoms with van der Waals surface area (Å²) in [5, 5.41) is 3.31. The Morgan fingerprint density at radius 3 is 2.89 bits per heavy atom. The first-order valence-electron chi connectivity index (χ1n) is 8.10. The van der Waals surface area contributed by atoms with Crippen molar-refractivity contribution in [3.05, 3.63) is 71.5 Å². The van der Waals surface area contributed by atoms with Crippen LogP contribution in [0.15, 0.2) is 65.3 Å². The van der Waals surface area contributed by atoms with Crippen molar-refractivity contribution in [1.29, 1.82) is 0 Å². The molecule has 0 aliphatic rings. The van der Waals surface area contributed by atoms with Crippen LogP contribution in [0.25, 0.3) is 22.6 Å². The summed E-state index contributed by atoms with van der Waals surface area (Å²) in [4.78, 5) is 20.9. The van der Waals surface area contributed by atoms with E-state index in [1.165, 1.54) is 0 Å². The van der Waals surface area contributed by atoms with Crippen molar-refractivity contribution in [2.45, 2.75) is 0 Å². The summed E-state index contributed by atoms with van der Waals surface area (Å²) in [6.45, 7) is 0. The SMILES string of the molecule is COc1cccc(C(=O)Nc2ccc(Cl)c(-c3nc4cnccc4o3)c2)c1. The molecule has 0 aliphatic heterocycles. The molecule has 0 saturated carbocycles. The maximum atomic E-state index is 12.5. The second-order valence-corrected chi connectivity index (χ2v) is 6.15. The van der Waals surface area contributed by atoms with Crippen LogP contribution in [0, 0.1) is 0 Å². The van der Waals surface area contributed by atoms with E-state index in [2.05, 4.69) is 15.3 Å². The Morgan fingerprint density at radius 1 is 1.19 bits per heavy atom. The van der Waals surface area contributed by atoms with Crippen LogP contribution < -0.4 is 10.1 Å². The van der Waals surface area contributed by atoms with Gasteiger partial charge in [-0.3, -0.25) is 9.78 Å². The molecule has 7 heteroatoms. The molecule has 1 amide bonds. The predicted molar refractivity (Wildman–Crippen MR) is 103 cm³/mol. The van der Waals surface area contributed by atoms with E-state index in [0.717, 1.165) is 0 Å². The number of nitrogens with one attached hydrogen (secondary N) is 1. The van der Waals surface area contributed by atoms with Crippen LogP contribution >= 0.6 is 11.6 Å². The molecule has 6 nitrogen and oxygen atoms in total.